The number of anilines is 1. The Hall–Kier alpha value is -3.82. The van der Waals surface area contributed by atoms with Crippen LogP contribution in [0.4, 0.5) is 5.69 Å². The number of amides is 1. The van der Waals surface area contributed by atoms with Crippen LogP contribution in [0.25, 0.3) is 22.6 Å². The van der Waals surface area contributed by atoms with Gasteiger partial charge in [-0.15, -0.1) is 0 Å². The molecule has 2 aliphatic rings. The van der Waals surface area contributed by atoms with Crippen LogP contribution in [-0.4, -0.2) is 65.2 Å². The molecule has 0 spiro atoms. The van der Waals surface area contributed by atoms with Crippen LogP contribution in [0.3, 0.4) is 0 Å². The second-order valence-corrected chi connectivity index (χ2v) is 12.7. The van der Waals surface area contributed by atoms with E-state index in [0.717, 1.165) is 73.9 Å². The highest BCUT2D eigenvalue weighted by Gasteiger charge is 2.22. The van der Waals surface area contributed by atoms with Crippen LogP contribution in [0.15, 0.2) is 54.7 Å². The lowest BCUT2D eigenvalue weighted by atomic mass is 9.87. The lowest BCUT2D eigenvalue weighted by Crippen LogP contribution is -2.38. The summed E-state index contributed by atoms with van der Waals surface area (Å²) in [4.78, 5) is 27.5. The largest absolute Gasteiger partial charge is 0.497 e. The Labute approximate surface area is 270 Å². The van der Waals surface area contributed by atoms with Gasteiger partial charge in [0.15, 0.2) is 12.3 Å². The van der Waals surface area contributed by atoms with E-state index in [-0.39, 0.29) is 12.5 Å². The summed E-state index contributed by atoms with van der Waals surface area (Å²) in [6.45, 7) is 3.65. The molecule has 6 rings (SSSR count). The number of piperidine rings is 1. The van der Waals surface area contributed by atoms with Crippen molar-refractivity contribution in [2.75, 3.05) is 38.7 Å². The normalized spacial score (nSPS) is 16.5. The first-order valence-electron chi connectivity index (χ1n) is 16.2. The lowest BCUT2D eigenvalue weighted by Gasteiger charge is -2.33. The molecule has 9 nitrogen and oxygen atoms in total. The predicted octanol–water partition coefficient (Wildman–Crippen LogP) is 6.83. The molecule has 45 heavy (non-hydrogen) atoms. The third kappa shape index (κ3) is 8.27. The maximum atomic E-state index is 12.3. The van der Waals surface area contributed by atoms with Gasteiger partial charge in [0.2, 0.25) is 0 Å². The van der Waals surface area contributed by atoms with E-state index < -0.39 is 0 Å². The number of ether oxygens (including phenoxy) is 2. The van der Waals surface area contributed by atoms with Gasteiger partial charge in [-0.3, -0.25) is 9.69 Å². The summed E-state index contributed by atoms with van der Waals surface area (Å²) in [5.74, 6) is 2.88. The average Bonchev–Trinajstić information content (AvgIpc) is 3.52. The number of carbonyl (C=O) groups excluding carboxylic acids is 1. The summed E-state index contributed by atoms with van der Waals surface area (Å²) >= 11 is 6.64. The van der Waals surface area contributed by atoms with Crippen molar-refractivity contribution in [2.45, 2.75) is 64.0 Å². The van der Waals surface area contributed by atoms with Gasteiger partial charge < -0.3 is 25.1 Å². The van der Waals surface area contributed by atoms with Gasteiger partial charge in [-0.05, 0) is 67.1 Å². The smallest absolute Gasteiger partial charge is 0.257 e. The number of likely N-dealkylation sites (tertiary alicyclic amines) is 1. The minimum Gasteiger partial charge on any atom is -0.497 e. The highest BCUT2D eigenvalue weighted by Crippen LogP contribution is 2.33. The maximum absolute atomic E-state index is 12.3. The third-order valence-corrected chi connectivity index (χ3v) is 9.35. The molecule has 10 heteroatoms. The zero-order valence-electron chi connectivity index (χ0n) is 26.0. The zero-order chi connectivity index (χ0) is 31.0. The fourth-order valence-electron chi connectivity index (χ4n) is 6.43. The molecule has 1 saturated heterocycles. The lowest BCUT2D eigenvalue weighted by molar-refractivity contribution is -0.123. The van der Waals surface area contributed by atoms with Crippen molar-refractivity contribution in [3.63, 3.8) is 0 Å². The molecular weight excluding hydrogens is 588 g/mol. The number of aromatic amines is 1. The van der Waals surface area contributed by atoms with Gasteiger partial charge in [-0.2, -0.15) is 0 Å². The van der Waals surface area contributed by atoms with Crippen molar-refractivity contribution in [3.8, 4) is 22.9 Å². The summed E-state index contributed by atoms with van der Waals surface area (Å²) < 4.78 is 11.0. The highest BCUT2D eigenvalue weighted by atomic mass is 35.5. The monoisotopic (exact) mass is 630 g/mol. The maximum Gasteiger partial charge on any atom is 0.257 e. The van der Waals surface area contributed by atoms with Crippen LogP contribution in [0.2, 0.25) is 5.02 Å². The van der Waals surface area contributed by atoms with Crippen molar-refractivity contribution in [1.29, 1.82) is 0 Å². The first-order chi connectivity index (χ1) is 22.0. The Morgan fingerprint density at radius 1 is 1.00 bits per heavy atom. The Morgan fingerprint density at radius 2 is 1.73 bits per heavy atom. The van der Waals surface area contributed by atoms with Crippen LogP contribution in [-0.2, 0) is 11.3 Å². The molecule has 2 aromatic heterocycles. The van der Waals surface area contributed by atoms with Crippen LogP contribution in [0, 0.1) is 5.92 Å². The quantitative estimate of drug-likeness (QED) is 0.158. The van der Waals surface area contributed by atoms with E-state index in [1.165, 1.54) is 37.7 Å². The van der Waals surface area contributed by atoms with Crippen molar-refractivity contribution in [3.05, 3.63) is 65.3 Å². The number of nitrogens with one attached hydrogen (secondary N) is 3. The first kappa shape index (κ1) is 31.2. The molecule has 1 aliphatic heterocycles. The number of benzene rings is 2. The summed E-state index contributed by atoms with van der Waals surface area (Å²) in [5, 5.41) is 7.23. The van der Waals surface area contributed by atoms with Crippen LogP contribution in [0.5, 0.6) is 11.5 Å². The second kappa shape index (κ2) is 15.0. The number of methoxy groups -OCH3 is 1. The van der Waals surface area contributed by atoms with Crippen molar-refractivity contribution >= 4 is 34.4 Å². The predicted molar refractivity (Wildman–Crippen MR) is 179 cm³/mol. The van der Waals surface area contributed by atoms with Crippen LogP contribution < -0.4 is 20.1 Å². The van der Waals surface area contributed by atoms with E-state index in [1.54, 1.807) is 13.3 Å². The van der Waals surface area contributed by atoms with E-state index in [0.29, 0.717) is 28.3 Å². The topological polar surface area (TPSA) is 104 Å². The third-order valence-electron chi connectivity index (χ3n) is 9.07. The molecule has 0 radical (unpaired) electrons. The number of halogens is 1. The molecule has 0 unspecified atom stereocenters. The Morgan fingerprint density at radius 3 is 2.47 bits per heavy atom. The van der Waals surface area contributed by atoms with Crippen molar-refractivity contribution < 1.29 is 14.3 Å². The number of hydrogen-bond acceptors (Lipinski definition) is 7. The van der Waals surface area contributed by atoms with E-state index in [2.05, 4.69) is 37.6 Å². The fourth-order valence-corrected chi connectivity index (χ4v) is 6.63. The summed E-state index contributed by atoms with van der Waals surface area (Å²) in [6.07, 6.45) is 11.3. The van der Waals surface area contributed by atoms with Gasteiger partial charge in [0.25, 0.3) is 5.91 Å². The second-order valence-electron chi connectivity index (χ2n) is 12.3. The van der Waals surface area contributed by atoms with Crippen molar-refractivity contribution in [1.82, 2.24) is 25.2 Å². The molecule has 3 heterocycles. The molecule has 0 bridgehead atoms. The SMILES string of the molecule is COc1ccc(CN2CCC(Nc3c(Cl)cnc4[nH]c(-c5ccc(OCC(=O)NCCC6CCCCC6)cc5)nc34)CC2)cc1. The molecule has 2 fully saturated rings. The highest BCUT2D eigenvalue weighted by molar-refractivity contribution is 6.34. The Balaban J connectivity index is 1.01. The van der Waals surface area contributed by atoms with Crippen LogP contribution in [0.1, 0.15) is 56.9 Å². The van der Waals surface area contributed by atoms with Gasteiger partial charge in [0.05, 0.1) is 24.0 Å². The van der Waals surface area contributed by atoms with E-state index >= 15 is 0 Å². The summed E-state index contributed by atoms with van der Waals surface area (Å²) in [5.41, 5.74) is 4.40. The van der Waals surface area contributed by atoms with Gasteiger partial charge in [0.1, 0.15) is 22.8 Å². The van der Waals surface area contributed by atoms with Gasteiger partial charge in [-0.1, -0.05) is 55.8 Å². The zero-order valence-corrected chi connectivity index (χ0v) is 26.7. The minimum absolute atomic E-state index is 0.00646. The first-order valence-corrected chi connectivity index (χ1v) is 16.6. The number of rotatable bonds is 12. The number of imidazole rings is 1. The van der Waals surface area contributed by atoms with Gasteiger partial charge in [-0.25, -0.2) is 9.97 Å². The molecular formula is C35H43ClN6O3. The molecule has 2 aromatic carbocycles. The standard InChI is InChI=1S/C35H43ClN6O3/c1-44-28-11-7-25(8-12-28)22-42-19-16-27(17-20-42)39-32-30(36)21-38-35-33(32)40-34(41-35)26-9-13-29(14-10-26)45-23-31(43)37-18-15-24-5-3-2-4-6-24/h7-14,21,24,27H,2-6,15-20,22-23H2,1H3,(H,37,43)(H2,38,39,40,41). The van der Waals surface area contributed by atoms with E-state index in [9.17, 15) is 4.79 Å². The summed E-state index contributed by atoms with van der Waals surface area (Å²) in [7, 11) is 1.69. The number of carbonyl (C=O) groups is 1. The average molecular weight is 631 g/mol. The van der Waals surface area contributed by atoms with Crippen LogP contribution >= 0.6 is 11.6 Å². The number of nitrogens with zero attached hydrogens (tertiary/aromatic N) is 3. The molecule has 0 atom stereocenters. The Bertz CT molecular complexity index is 1540. The number of hydrogen-bond donors (Lipinski definition) is 3. The molecule has 1 aliphatic carbocycles. The number of pyridine rings is 1. The van der Waals surface area contributed by atoms with E-state index in [1.807, 2.05) is 36.4 Å². The molecule has 1 amide bonds. The van der Waals surface area contributed by atoms with Crippen molar-refractivity contribution in [2.24, 2.45) is 5.92 Å². The summed E-state index contributed by atoms with van der Waals surface area (Å²) in [6, 6.07) is 16.2. The Kier molecular flexibility index (Phi) is 10.4. The number of fused-ring (bicyclic) bond motifs is 1. The van der Waals surface area contributed by atoms with Gasteiger partial charge >= 0.3 is 0 Å². The number of H-pyrrole nitrogens is 1. The number of aromatic nitrogens is 3. The molecule has 1 saturated carbocycles. The molecule has 3 N–H and O–H groups in total. The van der Waals surface area contributed by atoms with Gasteiger partial charge in [0, 0.05) is 37.8 Å². The fraction of sp³-hybridized carbons (Fsp3) is 0.457. The molecule has 4 aromatic rings. The van der Waals surface area contributed by atoms with E-state index in [4.69, 9.17) is 26.1 Å². The molecule has 238 valence electrons. The minimum atomic E-state index is -0.0851.